The number of rotatable bonds is 9. The van der Waals surface area contributed by atoms with Crippen molar-refractivity contribution < 1.29 is 44.7 Å². The van der Waals surface area contributed by atoms with E-state index in [1.807, 2.05) is 0 Å². The summed E-state index contributed by atoms with van der Waals surface area (Å²) in [5.41, 5.74) is 0. The predicted molar refractivity (Wildman–Crippen MR) is 57.9 cm³/mol. The highest BCUT2D eigenvalue weighted by Crippen LogP contribution is 2.08. The van der Waals surface area contributed by atoms with Crippen molar-refractivity contribution >= 4 is 18.2 Å². The van der Waals surface area contributed by atoms with Crippen LogP contribution in [0.3, 0.4) is 0 Å². The highest BCUT2D eigenvalue weighted by Gasteiger charge is 2.33. The Kier molecular flexibility index (Phi) is 7.84. The maximum atomic E-state index is 11.1. The molecule has 0 amide bonds. The van der Waals surface area contributed by atoms with Crippen molar-refractivity contribution in [3.63, 3.8) is 0 Å². The highest BCUT2D eigenvalue weighted by atomic mass is 16.6. The number of aldehydes is 1. The lowest BCUT2D eigenvalue weighted by molar-refractivity contribution is -0.168. The van der Waals surface area contributed by atoms with Crippen LogP contribution in [0.25, 0.3) is 0 Å². The van der Waals surface area contributed by atoms with Gasteiger partial charge in [0.25, 0.3) is 0 Å². The van der Waals surface area contributed by atoms with Crippen LogP contribution in [0.4, 0.5) is 0 Å². The van der Waals surface area contributed by atoms with Gasteiger partial charge in [-0.05, 0) is 0 Å². The molecule has 0 bridgehead atoms. The van der Waals surface area contributed by atoms with Gasteiger partial charge in [0.1, 0.15) is 18.3 Å². The quantitative estimate of drug-likeness (QED) is 0.219. The summed E-state index contributed by atoms with van der Waals surface area (Å²) in [5.74, 6) is -2.29. The Morgan fingerprint density at radius 3 is 2.11 bits per heavy atom. The molecule has 0 aliphatic carbocycles. The molecule has 0 spiro atoms. The number of hydrogen-bond donors (Lipinski definition) is 5. The maximum absolute atomic E-state index is 11.1. The van der Waals surface area contributed by atoms with Crippen molar-refractivity contribution in [3.05, 3.63) is 0 Å². The number of hydrogen-bond acceptors (Lipinski definition) is 8. The van der Waals surface area contributed by atoms with E-state index in [0.29, 0.717) is 0 Å². The molecule has 0 aromatic carbocycles. The first kappa shape index (κ1) is 17.4. The number of aliphatic hydroxyl groups is 4. The molecular formula is C10H16O9. The lowest BCUT2D eigenvalue weighted by atomic mass is 10.0. The van der Waals surface area contributed by atoms with Gasteiger partial charge < -0.3 is 30.3 Å². The summed E-state index contributed by atoms with van der Waals surface area (Å²) in [7, 11) is 0. The van der Waals surface area contributed by atoms with E-state index >= 15 is 0 Å². The molecule has 0 radical (unpaired) electrons. The van der Waals surface area contributed by atoms with E-state index in [2.05, 4.69) is 4.74 Å². The first-order valence-corrected chi connectivity index (χ1v) is 5.35. The smallest absolute Gasteiger partial charge is 0.307 e. The first-order valence-electron chi connectivity index (χ1n) is 5.35. The fourth-order valence-corrected chi connectivity index (χ4v) is 1.13. The Morgan fingerprint density at radius 1 is 1.11 bits per heavy atom. The summed E-state index contributed by atoms with van der Waals surface area (Å²) in [4.78, 5) is 32.0. The van der Waals surface area contributed by atoms with Gasteiger partial charge >= 0.3 is 11.9 Å². The molecule has 0 saturated heterocycles. The van der Waals surface area contributed by atoms with Gasteiger partial charge in [-0.25, -0.2) is 0 Å². The van der Waals surface area contributed by atoms with Crippen molar-refractivity contribution in [1.29, 1.82) is 0 Å². The zero-order valence-corrected chi connectivity index (χ0v) is 9.88. The summed E-state index contributed by atoms with van der Waals surface area (Å²) in [6.45, 7) is -0.864. The summed E-state index contributed by atoms with van der Waals surface area (Å²) < 4.78 is 4.45. The third kappa shape index (κ3) is 6.25. The lowest BCUT2D eigenvalue weighted by Gasteiger charge is -2.25. The van der Waals surface area contributed by atoms with Gasteiger partial charge in [-0.1, -0.05) is 0 Å². The van der Waals surface area contributed by atoms with Crippen molar-refractivity contribution in [2.45, 2.75) is 37.3 Å². The Hall–Kier alpha value is -1.55. The molecule has 0 saturated carbocycles. The van der Waals surface area contributed by atoms with Crippen molar-refractivity contribution in [2.24, 2.45) is 0 Å². The molecule has 0 aromatic heterocycles. The monoisotopic (exact) mass is 280 g/mol. The molecule has 4 atom stereocenters. The lowest BCUT2D eigenvalue weighted by Crippen LogP contribution is -2.48. The number of aliphatic hydroxyl groups excluding tert-OH is 4. The van der Waals surface area contributed by atoms with Crippen molar-refractivity contribution in [2.75, 3.05) is 6.61 Å². The van der Waals surface area contributed by atoms with E-state index in [4.69, 9.17) is 15.3 Å². The highest BCUT2D eigenvalue weighted by molar-refractivity contribution is 5.78. The Morgan fingerprint density at radius 2 is 1.68 bits per heavy atom. The standard InChI is InChI=1S/C10H16O9/c11-3-5(13)9(17)10(18)6(4-12)19-8(16)2-1-7(14)15/h4-6,9-11,13,17-18H,1-3H2,(H,14,15)/t5-,6+,9-,10-/m1/s1. The second-order valence-corrected chi connectivity index (χ2v) is 3.72. The van der Waals surface area contributed by atoms with Gasteiger partial charge in [-0.2, -0.15) is 0 Å². The summed E-state index contributed by atoms with van der Waals surface area (Å²) in [5, 5.41) is 44.7. The van der Waals surface area contributed by atoms with Crippen LogP contribution in [0.15, 0.2) is 0 Å². The minimum absolute atomic E-state index is 0.0245. The van der Waals surface area contributed by atoms with E-state index in [9.17, 15) is 24.6 Å². The normalized spacial score (nSPS) is 17.1. The molecule has 0 fully saturated rings. The fraction of sp³-hybridized carbons (Fsp3) is 0.700. The summed E-state index contributed by atoms with van der Waals surface area (Å²) in [6, 6.07) is 0. The number of carbonyl (C=O) groups is 3. The van der Waals surface area contributed by atoms with Crippen LogP contribution in [-0.2, 0) is 19.1 Å². The number of carboxylic acid groups (broad SMARTS) is 1. The van der Waals surface area contributed by atoms with Gasteiger partial charge in [0, 0.05) is 0 Å². The zero-order valence-electron chi connectivity index (χ0n) is 9.88. The molecule has 5 N–H and O–H groups in total. The molecule has 110 valence electrons. The van der Waals surface area contributed by atoms with Gasteiger partial charge in [-0.15, -0.1) is 0 Å². The third-order valence-electron chi connectivity index (χ3n) is 2.21. The molecular weight excluding hydrogens is 264 g/mol. The Labute approximate surface area is 108 Å². The number of ether oxygens (including phenoxy) is 1. The van der Waals surface area contributed by atoms with E-state index in [0.717, 1.165) is 0 Å². The van der Waals surface area contributed by atoms with Crippen LogP contribution in [-0.4, -0.2) is 74.8 Å². The number of aliphatic carboxylic acids is 1. The first-order chi connectivity index (χ1) is 8.83. The predicted octanol–water partition coefficient (Wildman–Crippen LogP) is -2.96. The van der Waals surface area contributed by atoms with Crippen LogP contribution < -0.4 is 0 Å². The molecule has 9 nitrogen and oxygen atoms in total. The van der Waals surface area contributed by atoms with Crippen molar-refractivity contribution in [3.8, 4) is 0 Å². The SMILES string of the molecule is O=C[C@H](OC(=O)CCC(=O)O)[C@@H](O)[C@H](O)[C@H](O)CO. The van der Waals surface area contributed by atoms with Crippen molar-refractivity contribution in [1.82, 2.24) is 0 Å². The number of carbonyl (C=O) groups excluding carboxylic acids is 2. The van der Waals surface area contributed by atoms with Gasteiger partial charge in [0.15, 0.2) is 12.4 Å². The largest absolute Gasteiger partial charge is 0.481 e. The van der Waals surface area contributed by atoms with E-state index in [1.54, 1.807) is 0 Å². The zero-order chi connectivity index (χ0) is 15.0. The number of carboxylic acids is 1. The molecule has 0 aromatic rings. The van der Waals surface area contributed by atoms with Crippen LogP contribution in [0.2, 0.25) is 0 Å². The van der Waals surface area contributed by atoms with Gasteiger partial charge in [0.05, 0.1) is 19.4 Å². The molecule has 0 aliphatic heterocycles. The minimum Gasteiger partial charge on any atom is -0.481 e. The fourth-order valence-electron chi connectivity index (χ4n) is 1.13. The van der Waals surface area contributed by atoms with Gasteiger partial charge in [-0.3, -0.25) is 14.4 Å². The molecule has 0 rings (SSSR count). The maximum Gasteiger partial charge on any atom is 0.307 e. The van der Waals surface area contributed by atoms with Gasteiger partial charge in [0.2, 0.25) is 0 Å². The number of esters is 1. The topological polar surface area (TPSA) is 162 Å². The Balaban J connectivity index is 4.44. The van der Waals surface area contributed by atoms with Crippen LogP contribution in [0.1, 0.15) is 12.8 Å². The molecule has 0 aliphatic rings. The van der Waals surface area contributed by atoms with E-state index in [1.165, 1.54) is 0 Å². The summed E-state index contributed by atoms with van der Waals surface area (Å²) >= 11 is 0. The average Bonchev–Trinajstić information content (AvgIpc) is 2.39. The molecule has 0 heterocycles. The Bertz CT molecular complexity index is 316. The molecule has 0 unspecified atom stereocenters. The van der Waals surface area contributed by atoms with Crippen LogP contribution >= 0.6 is 0 Å². The molecule has 9 heteroatoms. The molecule has 19 heavy (non-hydrogen) atoms. The van der Waals surface area contributed by atoms with Crippen LogP contribution in [0.5, 0.6) is 0 Å². The third-order valence-corrected chi connectivity index (χ3v) is 2.21. The van der Waals surface area contributed by atoms with E-state index in [-0.39, 0.29) is 6.29 Å². The summed E-state index contributed by atoms with van der Waals surface area (Å²) in [6.07, 6.45) is -8.31. The minimum atomic E-state index is -1.94. The van der Waals surface area contributed by atoms with E-state index < -0.39 is 55.8 Å². The second-order valence-electron chi connectivity index (χ2n) is 3.72. The van der Waals surface area contributed by atoms with Crippen LogP contribution in [0, 0.1) is 0 Å². The second kappa shape index (κ2) is 8.53. The average molecular weight is 280 g/mol.